The van der Waals surface area contributed by atoms with Gasteiger partial charge in [0.05, 0.1) is 12.8 Å². The summed E-state index contributed by atoms with van der Waals surface area (Å²) in [6.07, 6.45) is 2.69. The lowest BCUT2D eigenvalue weighted by atomic mass is 10.1. The minimum absolute atomic E-state index is 0.626. The van der Waals surface area contributed by atoms with Crippen molar-refractivity contribution in [1.29, 1.82) is 0 Å². The van der Waals surface area contributed by atoms with E-state index in [9.17, 15) is 0 Å². The smallest absolute Gasteiger partial charge is 0.222 e. The average molecular weight is 243 g/mol. The Balaban J connectivity index is 2.43. The van der Waals surface area contributed by atoms with Crippen molar-refractivity contribution >= 4 is 5.95 Å². The van der Waals surface area contributed by atoms with E-state index in [-0.39, 0.29) is 0 Å². The summed E-state index contributed by atoms with van der Waals surface area (Å²) in [7, 11) is 3.50. The van der Waals surface area contributed by atoms with Gasteiger partial charge in [-0.1, -0.05) is 6.92 Å². The number of aryl methyl sites for hydroxylation is 1. The molecule has 94 valence electrons. The molecule has 4 nitrogen and oxygen atoms in total. The topological polar surface area (TPSA) is 47.0 Å². The Bertz CT molecular complexity index is 540. The third-order valence-electron chi connectivity index (χ3n) is 2.84. The van der Waals surface area contributed by atoms with Gasteiger partial charge >= 0.3 is 0 Å². The lowest BCUT2D eigenvalue weighted by Crippen LogP contribution is -1.97. The predicted molar refractivity (Wildman–Crippen MR) is 72.9 cm³/mol. The number of ether oxygens (including phenoxy) is 1. The summed E-state index contributed by atoms with van der Waals surface area (Å²) in [5.41, 5.74) is 3.16. The second-order valence-corrected chi connectivity index (χ2v) is 3.90. The van der Waals surface area contributed by atoms with Crippen LogP contribution in [-0.4, -0.2) is 24.1 Å². The van der Waals surface area contributed by atoms with Gasteiger partial charge in [-0.25, -0.2) is 9.97 Å². The van der Waals surface area contributed by atoms with Crippen LogP contribution in [0.3, 0.4) is 0 Å². The molecular weight excluding hydrogens is 226 g/mol. The fourth-order valence-corrected chi connectivity index (χ4v) is 1.85. The molecule has 2 rings (SSSR count). The van der Waals surface area contributed by atoms with Crippen LogP contribution in [0, 0.1) is 0 Å². The number of methoxy groups -OCH3 is 1. The molecule has 0 radical (unpaired) electrons. The first-order valence-corrected chi connectivity index (χ1v) is 5.96. The van der Waals surface area contributed by atoms with Crippen molar-refractivity contribution in [2.45, 2.75) is 13.3 Å². The van der Waals surface area contributed by atoms with Gasteiger partial charge < -0.3 is 10.1 Å². The molecule has 0 unspecified atom stereocenters. The molecule has 0 aliphatic carbocycles. The van der Waals surface area contributed by atoms with Crippen LogP contribution in [0.15, 0.2) is 30.5 Å². The summed E-state index contributed by atoms with van der Waals surface area (Å²) < 4.78 is 5.33. The van der Waals surface area contributed by atoms with Crippen LogP contribution in [0.25, 0.3) is 11.3 Å². The Labute approximate surface area is 107 Å². The zero-order valence-corrected chi connectivity index (χ0v) is 10.9. The first-order chi connectivity index (χ1) is 8.78. The summed E-state index contributed by atoms with van der Waals surface area (Å²) in [6, 6.07) is 8.01. The Hall–Kier alpha value is -2.10. The number of nitrogens with zero attached hydrogens (tertiary/aromatic N) is 2. The maximum Gasteiger partial charge on any atom is 0.222 e. The van der Waals surface area contributed by atoms with E-state index in [4.69, 9.17) is 4.74 Å². The van der Waals surface area contributed by atoms with Crippen molar-refractivity contribution < 1.29 is 4.74 Å². The highest BCUT2D eigenvalue weighted by molar-refractivity contribution is 5.62. The molecule has 0 saturated heterocycles. The quantitative estimate of drug-likeness (QED) is 0.897. The molecular formula is C14H17N3O. The highest BCUT2D eigenvalue weighted by atomic mass is 16.5. The maximum absolute atomic E-state index is 5.33. The van der Waals surface area contributed by atoms with E-state index < -0.39 is 0 Å². The second kappa shape index (κ2) is 5.49. The summed E-state index contributed by atoms with van der Waals surface area (Å²) >= 11 is 0. The van der Waals surface area contributed by atoms with Gasteiger partial charge in [-0.15, -0.1) is 0 Å². The van der Waals surface area contributed by atoms with Gasteiger partial charge in [-0.05, 0) is 36.2 Å². The van der Waals surface area contributed by atoms with Crippen molar-refractivity contribution in [1.82, 2.24) is 9.97 Å². The van der Waals surface area contributed by atoms with Gasteiger partial charge in [0, 0.05) is 18.8 Å². The first-order valence-electron chi connectivity index (χ1n) is 5.96. The fourth-order valence-electron chi connectivity index (χ4n) is 1.85. The number of anilines is 1. The minimum atomic E-state index is 0.626. The summed E-state index contributed by atoms with van der Waals surface area (Å²) in [5.74, 6) is 1.55. The number of aromatic nitrogens is 2. The third kappa shape index (κ3) is 2.42. The average Bonchev–Trinajstić information content (AvgIpc) is 2.46. The molecule has 1 aromatic heterocycles. The summed E-state index contributed by atoms with van der Waals surface area (Å²) in [6.45, 7) is 2.11. The van der Waals surface area contributed by atoms with Crippen LogP contribution >= 0.6 is 0 Å². The van der Waals surface area contributed by atoms with E-state index >= 15 is 0 Å². The van der Waals surface area contributed by atoms with Crippen molar-refractivity contribution in [3.63, 3.8) is 0 Å². The number of hydrogen-bond acceptors (Lipinski definition) is 4. The predicted octanol–water partition coefficient (Wildman–Crippen LogP) is 2.76. The lowest BCUT2D eigenvalue weighted by Gasteiger charge is -2.09. The first kappa shape index (κ1) is 12.4. The van der Waals surface area contributed by atoms with Gasteiger partial charge in [0.15, 0.2) is 0 Å². The molecule has 0 atom stereocenters. The number of rotatable bonds is 4. The van der Waals surface area contributed by atoms with Crippen molar-refractivity contribution in [2.24, 2.45) is 0 Å². The molecule has 18 heavy (non-hydrogen) atoms. The highest BCUT2D eigenvalue weighted by Crippen LogP contribution is 2.26. The Morgan fingerprint density at radius 3 is 2.78 bits per heavy atom. The van der Waals surface area contributed by atoms with Crippen molar-refractivity contribution in [3.8, 4) is 17.0 Å². The number of benzene rings is 1. The third-order valence-corrected chi connectivity index (χ3v) is 2.84. The van der Waals surface area contributed by atoms with E-state index in [0.717, 1.165) is 23.4 Å². The summed E-state index contributed by atoms with van der Waals surface area (Å²) in [5, 5.41) is 2.94. The van der Waals surface area contributed by atoms with Crippen LogP contribution < -0.4 is 10.1 Å². The zero-order chi connectivity index (χ0) is 13.0. The molecule has 0 fully saturated rings. The second-order valence-electron chi connectivity index (χ2n) is 3.90. The molecule has 4 heteroatoms. The SMILES string of the molecule is CCc1cc(-c2ccnc(NC)n2)ccc1OC. The van der Waals surface area contributed by atoms with Crippen molar-refractivity contribution in [3.05, 3.63) is 36.0 Å². The minimum Gasteiger partial charge on any atom is -0.496 e. The van der Waals surface area contributed by atoms with Crippen LogP contribution in [0.2, 0.25) is 0 Å². The molecule has 0 aliphatic rings. The van der Waals surface area contributed by atoms with Crippen molar-refractivity contribution in [2.75, 3.05) is 19.5 Å². The molecule has 0 saturated carbocycles. The Morgan fingerprint density at radius 1 is 1.28 bits per heavy atom. The molecule has 0 aliphatic heterocycles. The monoisotopic (exact) mass is 243 g/mol. The van der Waals surface area contributed by atoms with E-state index in [2.05, 4.69) is 28.3 Å². The van der Waals surface area contributed by atoms with Gasteiger partial charge in [0.2, 0.25) is 5.95 Å². The lowest BCUT2D eigenvalue weighted by molar-refractivity contribution is 0.410. The van der Waals surface area contributed by atoms with Crippen LogP contribution in [0.5, 0.6) is 5.75 Å². The molecule has 0 amide bonds. The molecule has 1 N–H and O–H groups in total. The van der Waals surface area contributed by atoms with E-state index in [1.165, 1.54) is 5.56 Å². The van der Waals surface area contributed by atoms with E-state index in [1.54, 1.807) is 13.3 Å². The van der Waals surface area contributed by atoms with Gasteiger partial charge in [-0.2, -0.15) is 0 Å². The summed E-state index contributed by atoms with van der Waals surface area (Å²) in [4.78, 5) is 8.54. The number of nitrogens with one attached hydrogen (secondary N) is 1. The highest BCUT2D eigenvalue weighted by Gasteiger charge is 2.06. The zero-order valence-electron chi connectivity index (χ0n) is 10.9. The van der Waals surface area contributed by atoms with Crippen LogP contribution in [0.1, 0.15) is 12.5 Å². The van der Waals surface area contributed by atoms with Gasteiger partial charge in [-0.3, -0.25) is 0 Å². The normalized spacial score (nSPS) is 10.2. The van der Waals surface area contributed by atoms with E-state index in [0.29, 0.717) is 5.95 Å². The van der Waals surface area contributed by atoms with Crippen LogP contribution in [-0.2, 0) is 6.42 Å². The Kier molecular flexibility index (Phi) is 3.77. The van der Waals surface area contributed by atoms with E-state index in [1.807, 2.05) is 25.2 Å². The molecule has 0 spiro atoms. The standard InChI is InChI=1S/C14H17N3O/c1-4-10-9-11(5-6-13(10)18-3)12-7-8-16-14(15-2)17-12/h5-9H,4H2,1-3H3,(H,15,16,17). The van der Waals surface area contributed by atoms with Gasteiger partial charge in [0.1, 0.15) is 5.75 Å². The molecule has 1 aromatic carbocycles. The van der Waals surface area contributed by atoms with Crippen LogP contribution in [0.4, 0.5) is 5.95 Å². The fraction of sp³-hybridized carbons (Fsp3) is 0.286. The molecule has 0 bridgehead atoms. The maximum atomic E-state index is 5.33. The Morgan fingerprint density at radius 2 is 2.11 bits per heavy atom. The molecule has 1 heterocycles. The number of hydrogen-bond donors (Lipinski definition) is 1. The molecule has 2 aromatic rings. The largest absolute Gasteiger partial charge is 0.496 e. The van der Waals surface area contributed by atoms with Gasteiger partial charge in [0.25, 0.3) is 0 Å².